The number of ether oxygens (including phenoxy) is 5. The Morgan fingerprint density at radius 2 is 0.814 bits per heavy atom. The van der Waals surface area contributed by atoms with Gasteiger partial charge in [-0.25, -0.2) is 9.97 Å². The van der Waals surface area contributed by atoms with Gasteiger partial charge in [-0.1, -0.05) is 337 Å². The number of oxazole rings is 1. The van der Waals surface area contributed by atoms with Crippen LogP contribution in [0.15, 0.2) is 83.4 Å². The summed E-state index contributed by atoms with van der Waals surface area (Å²) in [6, 6.07) is 0. The molecule has 3 aromatic rings. The molecule has 1 N–H and O–H groups in total. The molecule has 1 atom stereocenters. The summed E-state index contributed by atoms with van der Waals surface area (Å²) in [5.74, 6) is 7.37. The normalized spacial score (nSPS) is 18.3. The van der Waals surface area contributed by atoms with Crippen LogP contribution >= 0.6 is 0 Å². The van der Waals surface area contributed by atoms with Crippen LogP contribution < -0.4 is 0 Å². The van der Waals surface area contributed by atoms with Gasteiger partial charge < -0.3 is 42.3 Å². The predicted octanol–water partition coefficient (Wildman–Crippen LogP) is 28.0. The summed E-state index contributed by atoms with van der Waals surface area (Å²) in [7, 11) is 2.07. The number of hydrogen-bond acceptors (Lipinski definition) is 13. The summed E-state index contributed by atoms with van der Waals surface area (Å²) >= 11 is 0. The second-order valence-corrected chi connectivity index (χ2v) is 48.8. The number of rotatable bonds is 0. The molecule has 1 unspecified atom stereocenters. The van der Waals surface area contributed by atoms with Crippen LogP contribution in [-0.2, 0) is 68.0 Å². The zero-order valence-electron chi connectivity index (χ0n) is 83.3. The van der Waals surface area contributed by atoms with Crippen LogP contribution in [0.2, 0.25) is 0 Å². The molecule has 3 aromatic heterocycles. The Hall–Kier alpha value is -5.37. The van der Waals surface area contributed by atoms with Gasteiger partial charge in [0.25, 0.3) is 0 Å². The standard InChI is InChI=1S/C14H26O2.C13H22O2.C13H24O.C12H22N2.C12H21NO.C12H21N.C12H22O2.C11H19NO/c1-12(2,3)10-11(13(4,5)6)16-9-8-14(10,7)15;1-12(2,3)10-9(14)7-8-15-11(10)13(4,5)6;1-12(2,3)10-8-7-9-14-11(10)13(4,5)6;1-11(2,3)9-10(12(4,5)6)14(7)8-13-9;1-8-9(11(2,3)4)10(14-13-8)12(5,6)7;1-11(2,3)9-7-8-13-10(9)12(4,5)6;1-11(2,3)9-10(12(4,5)6)14-8-7-13-9;1-10(2,3)8-9(11(4,5)6)13-7-12-8/h15H,8-9H2,1-7H3;7-8H2,1-6H3;7-9H2,1-6H3;8H,1-7H3;1-7H3;8H,7H2,1-6H3;7-8H2,1-6H3;7H,1-6H3. The van der Waals surface area contributed by atoms with E-state index in [0.717, 1.165) is 70.1 Å². The first-order valence-electron chi connectivity index (χ1n) is 42.4. The molecule has 8 heterocycles. The monoisotopic (exact) mass is 1580 g/mol. The molecule has 0 aliphatic carbocycles. The zero-order valence-corrected chi connectivity index (χ0v) is 83.3. The smallest absolute Gasteiger partial charge is 0.181 e. The van der Waals surface area contributed by atoms with Crippen molar-refractivity contribution >= 4 is 12.0 Å². The third kappa shape index (κ3) is 32.5. The molecule has 14 heteroatoms. The Kier molecular flexibility index (Phi) is 35.3. The first-order valence-corrected chi connectivity index (χ1v) is 42.4. The quantitative estimate of drug-likeness (QED) is 0.227. The van der Waals surface area contributed by atoms with E-state index in [1.165, 1.54) is 52.4 Å². The minimum atomic E-state index is -0.737. The van der Waals surface area contributed by atoms with E-state index in [-0.39, 0.29) is 92.4 Å². The lowest BCUT2D eigenvalue weighted by atomic mass is 9.70. The van der Waals surface area contributed by atoms with Gasteiger partial charge in [-0.15, -0.1) is 0 Å². The van der Waals surface area contributed by atoms with E-state index in [9.17, 15) is 9.90 Å². The maximum Gasteiger partial charge on any atom is 0.181 e. The second-order valence-electron chi connectivity index (χ2n) is 48.8. The number of carbonyl (C=O) groups excluding carboxylic acids is 1. The summed E-state index contributed by atoms with van der Waals surface area (Å²) in [6.45, 7) is 112. The average molecular weight is 1580 g/mol. The lowest BCUT2D eigenvalue weighted by Crippen LogP contribution is -2.42. The van der Waals surface area contributed by atoms with Crippen LogP contribution in [0.25, 0.3) is 0 Å². The van der Waals surface area contributed by atoms with Crippen LogP contribution in [0, 0.1) is 61.1 Å². The van der Waals surface area contributed by atoms with E-state index in [1.54, 1.807) is 6.39 Å². The second kappa shape index (κ2) is 37.7. The van der Waals surface area contributed by atoms with E-state index in [0.29, 0.717) is 39.3 Å². The van der Waals surface area contributed by atoms with Crippen molar-refractivity contribution < 1.29 is 42.5 Å². The van der Waals surface area contributed by atoms with Crippen LogP contribution in [0.3, 0.4) is 0 Å². The fraction of sp³-hybridized carbons (Fsp3) is 0.788. The molecule has 0 fully saturated rings. The molecule has 8 rings (SSSR count). The number of allylic oxidation sites excluding steroid dienone is 9. The molecule has 5 aliphatic rings. The number of hydrogen-bond donors (Lipinski definition) is 1. The van der Waals surface area contributed by atoms with Crippen molar-refractivity contribution in [1.29, 1.82) is 0 Å². The van der Waals surface area contributed by atoms with Gasteiger partial charge >= 0.3 is 0 Å². The largest absolute Gasteiger partial charge is 0.497 e. The van der Waals surface area contributed by atoms with Crippen molar-refractivity contribution in [3.8, 4) is 0 Å². The van der Waals surface area contributed by atoms with Crippen LogP contribution in [0.4, 0.5) is 0 Å². The Morgan fingerprint density at radius 1 is 0.398 bits per heavy atom. The van der Waals surface area contributed by atoms with Crippen molar-refractivity contribution in [2.75, 3.05) is 33.0 Å². The molecule has 0 amide bonds. The summed E-state index contributed by atoms with van der Waals surface area (Å²) in [6.07, 6.45) is 10.1. The summed E-state index contributed by atoms with van der Waals surface area (Å²) in [5, 5.41) is 14.6. The minimum absolute atomic E-state index is 0.0308. The van der Waals surface area contributed by atoms with E-state index in [4.69, 9.17) is 32.6 Å². The van der Waals surface area contributed by atoms with Crippen molar-refractivity contribution in [3.05, 3.63) is 109 Å². The lowest BCUT2D eigenvalue weighted by Gasteiger charge is -2.43. The van der Waals surface area contributed by atoms with Gasteiger partial charge in [-0.2, -0.15) is 0 Å². The van der Waals surface area contributed by atoms with E-state index < -0.39 is 5.60 Å². The molecule has 113 heavy (non-hydrogen) atoms. The highest BCUT2D eigenvalue weighted by atomic mass is 16.6. The number of ketones is 1. The summed E-state index contributed by atoms with van der Waals surface area (Å²) < 4.78 is 41.9. The van der Waals surface area contributed by atoms with Crippen LogP contribution in [0.5, 0.6) is 0 Å². The molecule has 652 valence electrons. The number of Topliss-reactive ketones (excluding diaryl/α,β-unsaturated/α-hetero) is 1. The molecule has 0 saturated heterocycles. The Labute approximate surface area is 695 Å². The van der Waals surface area contributed by atoms with Gasteiger partial charge in [-0.3, -0.25) is 9.79 Å². The molecular weight excluding hydrogens is 1400 g/mol. The van der Waals surface area contributed by atoms with Gasteiger partial charge in [0.2, 0.25) is 0 Å². The highest BCUT2D eigenvalue weighted by Gasteiger charge is 2.44. The van der Waals surface area contributed by atoms with Crippen molar-refractivity contribution in [2.24, 2.45) is 66.2 Å². The number of aryl methyl sites for hydroxylation is 2. The van der Waals surface area contributed by atoms with Gasteiger partial charge in [0.15, 0.2) is 12.2 Å². The molecule has 5 aliphatic heterocycles. The molecule has 0 radical (unpaired) electrons. The van der Waals surface area contributed by atoms with Crippen molar-refractivity contribution in [3.63, 3.8) is 0 Å². The Balaban J connectivity index is 0.000000646. The highest BCUT2D eigenvalue weighted by molar-refractivity contribution is 5.97. The van der Waals surface area contributed by atoms with E-state index >= 15 is 0 Å². The average Bonchev–Trinajstić information content (AvgIpc) is 1.54. The number of carbonyl (C=O) groups is 1. The minimum Gasteiger partial charge on any atom is -0.497 e. The van der Waals surface area contributed by atoms with Crippen molar-refractivity contribution in [1.82, 2.24) is 19.7 Å². The molecular formula is C99H177N5O9. The number of aliphatic imine (C=N–C) groups is 1. The van der Waals surface area contributed by atoms with E-state index in [2.05, 4.69) is 364 Å². The molecule has 0 bridgehead atoms. The van der Waals surface area contributed by atoms with Gasteiger partial charge in [0.1, 0.15) is 53.5 Å². The number of aromatic nitrogens is 4. The third-order valence-electron chi connectivity index (χ3n) is 19.4. The molecule has 0 aromatic carbocycles. The Bertz CT molecular complexity index is 3540. The first-order chi connectivity index (χ1) is 49.8. The number of imidazole rings is 1. The molecule has 14 nitrogen and oxygen atoms in total. The highest BCUT2D eigenvalue weighted by Crippen LogP contribution is 2.49. The van der Waals surface area contributed by atoms with Crippen molar-refractivity contribution in [2.45, 2.75) is 416 Å². The number of nitrogens with zero attached hydrogens (tertiary/aromatic N) is 5. The zero-order chi connectivity index (χ0) is 89.4. The van der Waals surface area contributed by atoms with E-state index in [1.807, 2.05) is 26.4 Å². The molecule has 0 spiro atoms. The SMILES string of the molecule is CC(C)(C)C1=C(C(C)(C)C)C(=O)CCO1.CC(C)(C)C1=C(C(C)(C)C)C(C)(O)CCO1.CC(C)(C)C1=C(C(C)(C)C)N=CC1.CC(C)(C)C1=C(C(C)(C)C)OCCC1.CC(C)(C)C1=C(C(C)(C)C)OCCO1.CC(C)(C)c1ncoc1C(C)(C)C.Cc1noc(C(C)(C)C)c1C(C)(C)C.Cn1cnc(C(C)(C)C)c1C(C)(C)C. The number of aliphatic hydroxyl groups is 1. The fourth-order valence-corrected chi connectivity index (χ4v) is 14.6. The summed E-state index contributed by atoms with van der Waals surface area (Å²) in [4.78, 5) is 25.3. The Morgan fingerprint density at radius 3 is 1.12 bits per heavy atom. The van der Waals surface area contributed by atoms with Crippen LogP contribution in [-0.4, -0.2) is 75.4 Å². The predicted molar refractivity (Wildman–Crippen MR) is 480 cm³/mol. The first kappa shape index (κ1) is 106. The van der Waals surface area contributed by atoms with Crippen LogP contribution in [0.1, 0.15) is 411 Å². The molecule has 0 saturated carbocycles. The van der Waals surface area contributed by atoms with Gasteiger partial charge in [0.05, 0.1) is 48.8 Å². The topological polar surface area (TPSA) is 166 Å². The van der Waals surface area contributed by atoms with Gasteiger partial charge in [0, 0.05) is 120 Å². The lowest BCUT2D eigenvalue weighted by molar-refractivity contribution is -0.119. The summed E-state index contributed by atoms with van der Waals surface area (Å²) in [5.41, 5.74) is 12.5. The maximum atomic E-state index is 12.0. The third-order valence-corrected chi connectivity index (χ3v) is 19.4. The maximum absolute atomic E-state index is 12.0. The van der Waals surface area contributed by atoms with Gasteiger partial charge in [-0.05, 0) is 64.9 Å². The fourth-order valence-electron chi connectivity index (χ4n) is 14.6.